The first kappa shape index (κ1) is 12.0. The Kier molecular flexibility index (Phi) is 5.49. The Morgan fingerprint density at radius 3 is 1.56 bits per heavy atom. The fourth-order valence-electron chi connectivity index (χ4n) is 0.433. The molecule has 2 heteroatoms. The van der Waals surface area contributed by atoms with Crippen molar-refractivity contribution in [2.45, 2.75) is 33.7 Å². The normalized spacial score (nSPS) is 14.3. The van der Waals surface area contributed by atoms with E-state index in [-0.39, 0.29) is 12.4 Å². The van der Waals surface area contributed by atoms with Gasteiger partial charge in [0.2, 0.25) is 0 Å². The van der Waals surface area contributed by atoms with Crippen LogP contribution >= 0.6 is 12.4 Å². The molecule has 1 N–H and O–H groups in total. The van der Waals surface area contributed by atoms with Crippen LogP contribution in [0.1, 0.15) is 27.7 Å². The number of hydrogen-bond acceptors (Lipinski definition) is 1. The van der Waals surface area contributed by atoms with Crippen molar-refractivity contribution in [1.82, 2.24) is 5.32 Å². The number of nitrogens with one attached hydrogen (secondary N) is 1. The molecule has 0 aliphatic rings. The summed E-state index contributed by atoms with van der Waals surface area (Å²) in [6, 6.07) is 0.600. The fourth-order valence-corrected chi connectivity index (χ4v) is 0.433. The third-order valence-electron chi connectivity index (χ3n) is 1.73. The summed E-state index contributed by atoms with van der Waals surface area (Å²) in [6.45, 7) is 8.89. The molecule has 1 atom stereocenters. The minimum atomic E-state index is 0. The molecule has 0 bridgehead atoms. The Balaban J connectivity index is 0. The first-order valence-electron chi connectivity index (χ1n) is 3.15. The van der Waals surface area contributed by atoms with Crippen molar-refractivity contribution >= 4 is 12.4 Å². The van der Waals surface area contributed by atoms with E-state index in [1.807, 2.05) is 7.05 Å². The van der Waals surface area contributed by atoms with E-state index in [9.17, 15) is 0 Å². The van der Waals surface area contributed by atoms with Crippen LogP contribution in [0.5, 0.6) is 0 Å². The molecule has 0 aliphatic heterocycles. The highest BCUT2D eigenvalue weighted by atomic mass is 35.5. The topological polar surface area (TPSA) is 12.0 Å². The van der Waals surface area contributed by atoms with Crippen LogP contribution in [-0.2, 0) is 0 Å². The molecule has 0 unspecified atom stereocenters. The molecule has 0 saturated heterocycles. The zero-order valence-corrected chi connectivity index (χ0v) is 7.80. The van der Waals surface area contributed by atoms with Crippen LogP contribution in [-0.4, -0.2) is 13.1 Å². The number of hydrogen-bond donors (Lipinski definition) is 1. The molecule has 0 aliphatic carbocycles. The second-order valence-electron chi connectivity index (χ2n) is 3.38. The average molecular weight is 152 g/mol. The van der Waals surface area contributed by atoms with Gasteiger partial charge in [-0.15, -0.1) is 12.4 Å². The van der Waals surface area contributed by atoms with Gasteiger partial charge in [0.25, 0.3) is 0 Å². The van der Waals surface area contributed by atoms with Gasteiger partial charge in [0, 0.05) is 6.04 Å². The van der Waals surface area contributed by atoms with Crippen LogP contribution in [0, 0.1) is 5.41 Å². The second kappa shape index (κ2) is 4.13. The third-order valence-corrected chi connectivity index (χ3v) is 1.73. The smallest absolute Gasteiger partial charge is 0.00842 e. The van der Waals surface area contributed by atoms with Crippen LogP contribution in [0.15, 0.2) is 0 Å². The molecule has 9 heavy (non-hydrogen) atoms. The van der Waals surface area contributed by atoms with Crippen molar-refractivity contribution in [3.05, 3.63) is 0 Å². The quantitative estimate of drug-likeness (QED) is 0.605. The Labute approximate surface area is 64.6 Å². The second-order valence-corrected chi connectivity index (χ2v) is 3.38. The van der Waals surface area contributed by atoms with Crippen LogP contribution < -0.4 is 5.32 Å². The zero-order valence-electron chi connectivity index (χ0n) is 6.99. The maximum Gasteiger partial charge on any atom is 0.00842 e. The van der Waals surface area contributed by atoms with Gasteiger partial charge in [-0.25, -0.2) is 0 Å². The first-order valence-corrected chi connectivity index (χ1v) is 3.15. The molecule has 0 heterocycles. The summed E-state index contributed by atoms with van der Waals surface area (Å²) in [4.78, 5) is 0. The third kappa shape index (κ3) is 4.73. The van der Waals surface area contributed by atoms with Crippen LogP contribution in [0.3, 0.4) is 0 Å². The highest BCUT2D eigenvalue weighted by Crippen LogP contribution is 2.17. The summed E-state index contributed by atoms with van der Waals surface area (Å²) >= 11 is 0. The van der Waals surface area contributed by atoms with E-state index < -0.39 is 0 Å². The van der Waals surface area contributed by atoms with E-state index in [0.29, 0.717) is 11.5 Å². The van der Waals surface area contributed by atoms with Gasteiger partial charge in [-0.05, 0) is 19.4 Å². The minimum absolute atomic E-state index is 0. The Morgan fingerprint density at radius 2 is 1.56 bits per heavy atom. The van der Waals surface area contributed by atoms with Crippen LogP contribution in [0.4, 0.5) is 0 Å². The minimum Gasteiger partial charge on any atom is -0.317 e. The number of rotatable bonds is 1. The fraction of sp³-hybridized carbons (Fsp3) is 1.00. The van der Waals surface area contributed by atoms with E-state index in [1.165, 1.54) is 0 Å². The van der Waals surface area contributed by atoms with Gasteiger partial charge < -0.3 is 5.32 Å². The molecule has 0 amide bonds. The van der Waals surface area contributed by atoms with Crippen molar-refractivity contribution in [2.75, 3.05) is 7.05 Å². The Morgan fingerprint density at radius 1 is 1.22 bits per heavy atom. The van der Waals surface area contributed by atoms with Crippen LogP contribution in [0.2, 0.25) is 0 Å². The van der Waals surface area contributed by atoms with E-state index in [0.717, 1.165) is 0 Å². The highest BCUT2D eigenvalue weighted by molar-refractivity contribution is 5.85. The van der Waals surface area contributed by atoms with Crippen LogP contribution in [0.25, 0.3) is 0 Å². The molecule has 58 valence electrons. The molecule has 0 saturated carbocycles. The summed E-state index contributed by atoms with van der Waals surface area (Å²) < 4.78 is 0. The number of halogens is 1. The standard InChI is InChI=1S/C7H17N.ClH/c1-6(8-5)7(2,3)4;/h6,8H,1-5H3;1H/t6-;/m1./s1. The maximum absolute atomic E-state index is 3.20. The highest BCUT2D eigenvalue weighted by Gasteiger charge is 2.16. The van der Waals surface area contributed by atoms with Gasteiger partial charge >= 0.3 is 0 Å². The van der Waals surface area contributed by atoms with E-state index in [4.69, 9.17) is 0 Å². The lowest BCUT2D eigenvalue weighted by molar-refractivity contribution is 0.301. The van der Waals surface area contributed by atoms with E-state index >= 15 is 0 Å². The molecule has 0 aromatic carbocycles. The van der Waals surface area contributed by atoms with E-state index in [1.54, 1.807) is 0 Å². The zero-order chi connectivity index (χ0) is 6.78. The monoisotopic (exact) mass is 151 g/mol. The lowest BCUT2D eigenvalue weighted by Gasteiger charge is -2.26. The molecule has 0 aromatic rings. The van der Waals surface area contributed by atoms with Gasteiger partial charge in [0.15, 0.2) is 0 Å². The van der Waals surface area contributed by atoms with Gasteiger partial charge in [-0.1, -0.05) is 20.8 Å². The molecule has 0 radical (unpaired) electrons. The Hall–Kier alpha value is 0.250. The molecular formula is C7H18ClN. The summed E-state index contributed by atoms with van der Waals surface area (Å²) in [5, 5.41) is 3.20. The van der Waals surface area contributed by atoms with Gasteiger partial charge in [0.05, 0.1) is 0 Å². The SMILES string of the molecule is CN[C@H](C)C(C)(C)C.Cl. The van der Waals surface area contributed by atoms with Gasteiger partial charge in [-0.2, -0.15) is 0 Å². The molecule has 1 nitrogen and oxygen atoms in total. The van der Waals surface area contributed by atoms with Gasteiger partial charge in [-0.3, -0.25) is 0 Å². The Bertz CT molecular complexity index is 65.8. The average Bonchev–Trinajstić information content (AvgIpc) is 1.62. The van der Waals surface area contributed by atoms with E-state index in [2.05, 4.69) is 33.0 Å². The summed E-state index contributed by atoms with van der Waals surface area (Å²) in [5.74, 6) is 0. The maximum atomic E-state index is 3.20. The largest absolute Gasteiger partial charge is 0.317 e. The summed E-state index contributed by atoms with van der Waals surface area (Å²) in [6.07, 6.45) is 0. The molecule has 0 aromatic heterocycles. The van der Waals surface area contributed by atoms with Crippen molar-refractivity contribution in [3.8, 4) is 0 Å². The summed E-state index contributed by atoms with van der Waals surface area (Å²) in [5.41, 5.74) is 0.398. The van der Waals surface area contributed by atoms with Crippen molar-refractivity contribution in [1.29, 1.82) is 0 Å². The van der Waals surface area contributed by atoms with Gasteiger partial charge in [0.1, 0.15) is 0 Å². The molecular weight excluding hydrogens is 134 g/mol. The predicted octanol–water partition coefficient (Wildman–Crippen LogP) is 2.06. The molecule has 0 rings (SSSR count). The predicted molar refractivity (Wildman–Crippen MR) is 45.2 cm³/mol. The van der Waals surface area contributed by atoms with Crippen molar-refractivity contribution in [2.24, 2.45) is 5.41 Å². The first-order chi connectivity index (χ1) is 3.48. The molecule has 0 spiro atoms. The summed E-state index contributed by atoms with van der Waals surface area (Å²) in [7, 11) is 2.00. The van der Waals surface area contributed by atoms with Crippen molar-refractivity contribution < 1.29 is 0 Å². The lowest BCUT2D eigenvalue weighted by atomic mass is 9.88. The lowest BCUT2D eigenvalue weighted by Crippen LogP contribution is -2.34. The molecule has 0 fully saturated rings. The van der Waals surface area contributed by atoms with Crippen molar-refractivity contribution in [3.63, 3.8) is 0 Å².